The lowest BCUT2D eigenvalue weighted by molar-refractivity contribution is 1.60. The lowest BCUT2D eigenvalue weighted by Gasteiger charge is -2.22. The van der Waals surface area contributed by atoms with Crippen LogP contribution >= 0.6 is 0 Å². The van der Waals surface area contributed by atoms with E-state index < -0.39 is 0 Å². The molecule has 0 fully saturated rings. The minimum atomic E-state index is 1.13. The Morgan fingerprint density at radius 3 is 0.585 bits per heavy atom. The molecule has 0 N–H and O–H groups in total. The maximum atomic E-state index is 2.53. The number of fused-ring (bicyclic) bond motifs is 10. The molecule has 0 unspecified atom stereocenters. The highest BCUT2D eigenvalue weighted by Gasteiger charge is 2.25. The number of benzene rings is 21. The molecule has 490 valence electrons. The molecule has 21 aromatic rings. The number of hydrogen-bond donors (Lipinski definition) is 0. The fraction of sp³-hybridized carbons (Fsp3) is 0. The zero-order valence-corrected chi connectivity index (χ0v) is 58.1. The molecule has 0 aliphatic carbocycles. The molecule has 0 aliphatic rings. The Bertz CT molecular complexity index is 6760. The van der Waals surface area contributed by atoms with Crippen LogP contribution in [0.25, 0.3) is 219 Å². The molecular formula is C106H66. The molecule has 0 spiro atoms. The summed E-state index contributed by atoms with van der Waals surface area (Å²) >= 11 is 0. The molecule has 21 aromatic carbocycles. The highest BCUT2D eigenvalue weighted by atomic mass is 14.3. The molecule has 0 aromatic heterocycles. The first-order chi connectivity index (χ1) is 52.6. The largest absolute Gasteiger partial charge is 0.0616 e. The zero-order chi connectivity index (χ0) is 69.8. The van der Waals surface area contributed by atoms with Crippen LogP contribution in [0.1, 0.15) is 0 Å². The van der Waals surface area contributed by atoms with Gasteiger partial charge >= 0.3 is 0 Å². The third-order valence-corrected chi connectivity index (χ3v) is 22.6. The molecular weight excluding hydrogens is 1270 g/mol. The van der Waals surface area contributed by atoms with Crippen LogP contribution in [0.4, 0.5) is 0 Å². The minimum Gasteiger partial charge on any atom is -0.0616 e. The van der Waals surface area contributed by atoms with Crippen molar-refractivity contribution in [3.05, 3.63) is 400 Å². The molecule has 106 heavy (non-hydrogen) atoms. The van der Waals surface area contributed by atoms with Crippen LogP contribution in [0.15, 0.2) is 400 Å². The first-order valence-electron chi connectivity index (χ1n) is 36.9. The van der Waals surface area contributed by atoms with Crippen molar-refractivity contribution in [2.75, 3.05) is 0 Å². The van der Waals surface area contributed by atoms with Gasteiger partial charge in [0, 0.05) is 0 Å². The van der Waals surface area contributed by atoms with Gasteiger partial charge in [0.25, 0.3) is 0 Å². The van der Waals surface area contributed by atoms with E-state index in [0.29, 0.717) is 0 Å². The topological polar surface area (TPSA) is 0 Å². The summed E-state index contributed by atoms with van der Waals surface area (Å²) in [5.74, 6) is 0. The summed E-state index contributed by atoms with van der Waals surface area (Å²) in [6, 6.07) is 151. The molecule has 0 radical (unpaired) electrons. The van der Waals surface area contributed by atoms with Crippen LogP contribution in [-0.2, 0) is 0 Å². The van der Waals surface area contributed by atoms with E-state index in [1.165, 1.54) is 191 Å². The van der Waals surface area contributed by atoms with Crippen LogP contribution < -0.4 is 0 Å². The molecule has 0 atom stereocenters. The highest BCUT2D eigenvalue weighted by Crippen LogP contribution is 2.52. The van der Waals surface area contributed by atoms with Gasteiger partial charge in [0.2, 0.25) is 0 Å². The smallest absolute Gasteiger partial charge is 0.00204 e. The Morgan fingerprint density at radius 2 is 0.283 bits per heavy atom. The van der Waals surface area contributed by atoms with Crippen molar-refractivity contribution >= 4 is 108 Å². The van der Waals surface area contributed by atoms with Crippen LogP contribution in [0, 0.1) is 0 Å². The van der Waals surface area contributed by atoms with Gasteiger partial charge in [-0.05, 0) is 255 Å². The minimum absolute atomic E-state index is 1.13. The SMILES string of the molecule is c1ccc2c(-c3cc(-c4cccc5ccccc45)cc(-c4c5ccccc5c(-c5cc(-c6cccc7c(-c8cccc9ccccc89)ccc(-c8cccc9ccccc89)c67)cc(-c6cccc7c(-c8cccc9ccccc89)ccc(-c8cccc9ccccc89)c67)c5)c5ccccc45)c3)cccc2c1. The first-order valence-corrected chi connectivity index (χ1v) is 36.9. The third kappa shape index (κ3) is 9.98. The van der Waals surface area contributed by atoms with E-state index in [2.05, 4.69) is 400 Å². The van der Waals surface area contributed by atoms with Gasteiger partial charge in [0.1, 0.15) is 0 Å². The van der Waals surface area contributed by atoms with Crippen LogP contribution in [0.2, 0.25) is 0 Å². The van der Waals surface area contributed by atoms with Gasteiger partial charge in [0.15, 0.2) is 0 Å². The lowest BCUT2D eigenvalue weighted by Crippen LogP contribution is -1.95. The highest BCUT2D eigenvalue weighted by molar-refractivity contribution is 6.24. The summed E-state index contributed by atoms with van der Waals surface area (Å²) < 4.78 is 0. The second-order valence-electron chi connectivity index (χ2n) is 28.4. The van der Waals surface area contributed by atoms with Gasteiger partial charge in [-0.25, -0.2) is 0 Å². The lowest BCUT2D eigenvalue weighted by atomic mass is 9.81. The Labute approximate surface area is 615 Å². The monoisotopic (exact) mass is 1340 g/mol. The van der Waals surface area contributed by atoms with Crippen molar-refractivity contribution in [2.45, 2.75) is 0 Å². The van der Waals surface area contributed by atoms with Crippen LogP contribution in [-0.4, -0.2) is 0 Å². The van der Waals surface area contributed by atoms with Crippen molar-refractivity contribution in [3.63, 3.8) is 0 Å². The normalized spacial score (nSPS) is 11.8. The van der Waals surface area contributed by atoms with E-state index >= 15 is 0 Å². The van der Waals surface area contributed by atoms with E-state index in [4.69, 9.17) is 0 Å². The van der Waals surface area contributed by atoms with Crippen molar-refractivity contribution < 1.29 is 0 Å². The third-order valence-electron chi connectivity index (χ3n) is 22.6. The Morgan fingerprint density at radius 1 is 0.104 bits per heavy atom. The fourth-order valence-corrected chi connectivity index (χ4v) is 17.9. The molecule has 0 saturated carbocycles. The summed E-state index contributed by atoms with van der Waals surface area (Å²) in [6.07, 6.45) is 0. The van der Waals surface area contributed by atoms with Crippen molar-refractivity contribution in [3.8, 4) is 111 Å². The van der Waals surface area contributed by atoms with E-state index in [1.54, 1.807) is 0 Å². The maximum absolute atomic E-state index is 2.53. The number of hydrogen-bond acceptors (Lipinski definition) is 0. The predicted molar refractivity (Wildman–Crippen MR) is 456 cm³/mol. The molecule has 0 bridgehead atoms. The van der Waals surface area contributed by atoms with Gasteiger partial charge in [0.05, 0.1) is 0 Å². The van der Waals surface area contributed by atoms with Crippen LogP contribution in [0.5, 0.6) is 0 Å². The molecule has 0 saturated heterocycles. The van der Waals surface area contributed by atoms with E-state index in [0.717, 1.165) is 27.8 Å². The predicted octanol–water partition coefficient (Wildman–Crippen LogP) is 29.9. The second-order valence-corrected chi connectivity index (χ2v) is 28.4. The molecule has 0 heteroatoms. The van der Waals surface area contributed by atoms with Gasteiger partial charge < -0.3 is 0 Å². The van der Waals surface area contributed by atoms with Gasteiger partial charge in [-0.15, -0.1) is 0 Å². The van der Waals surface area contributed by atoms with Gasteiger partial charge in [-0.1, -0.05) is 364 Å². The standard InChI is InChI=1S/C106H66/c1-7-37-79-67(25-1)31-17-47-85(79)73-61-74(86-48-18-32-68-26-2-8-38-80(68)86)64-77(63-73)103-97-43-13-15-45-99(97)104(100-46-16-14-44-98(100)103)78-65-75(87-49-23-55-95-93(89-51-19-33-69-27-3-9-39-81(69)89)57-59-101(105(87)95)91-53-21-35-71-29-5-11-41-83(71)91)62-76(66-78)88-50-24-56-96-94(90-52-20-34-70-28-4-10-40-82(70)90)58-60-102(106(88)96)92-54-22-36-72-30-6-12-42-84(72)92/h1-66H. The van der Waals surface area contributed by atoms with Gasteiger partial charge in [-0.3, -0.25) is 0 Å². The first kappa shape index (κ1) is 60.9. The van der Waals surface area contributed by atoms with Crippen molar-refractivity contribution in [1.29, 1.82) is 0 Å². The average molecular weight is 1340 g/mol. The molecule has 0 nitrogen and oxygen atoms in total. The average Bonchev–Trinajstić information content (AvgIpc) is 0.729. The van der Waals surface area contributed by atoms with E-state index in [9.17, 15) is 0 Å². The summed E-state index contributed by atoms with van der Waals surface area (Å²) in [6.45, 7) is 0. The van der Waals surface area contributed by atoms with Crippen molar-refractivity contribution in [1.82, 2.24) is 0 Å². The summed E-state index contributed by atoms with van der Waals surface area (Å²) in [7, 11) is 0. The summed E-state index contributed by atoms with van der Waals surface area (Å²) in [5, 5.41) is 24.2. The Kier molecular flexibility index (Phi) is 14.4. The quantitative estimate of drug-likeness (QED) is 0.120. The van der Waals surface area contributed by atoms with E-state index in [1.807, 2.05) is 0 Å². The van der Waals surface area contributed by atoms with Gasteiger partial charge in [-0.2, -0.15) is 0 Å². The summed E-state index contributed by atoms with van der Waals surface area (Å²) in [4.78, 5) is 0. The summed E-state index contributed by atoms with van der Waals surface area (Å²) in [5.41, 5.74) is 23.6. The zero-order valence-electron chi connectivity index (χ0n) is 58.1. The molecule has 21 rings (SSSR count). The Balaban J connectivity index is 0.889. The van der Waals surface area contributed by atoms with Crippen LogP contribution in [0.3, 0.4) is 0 Å². The molecule has 0 aliphatic heterocycles. The molecule has 0 heterocycles. The van der Waals surface area contributed by atoms with E-state index in [-0.39, 0.29) is 0 Å². The second kappa shape index (κ2) is 25.0. The molecule has 0 amide bonds. The Hall–Kier alpha value is -13.8. The number of rotatable bonds is 10. The maximum Gasteiger partial charge on any atom is -0.00204 e. The fourth-order valence-electron chi connectivity index (χ4n) is 17.9. The van der Waals surface area contributed by atoms with Crippen molar-refractivity contribution in [2.24, 2.45) is 0 Å².